The molecule has 0 aromatic heterocycles. The molecule has 4 rings (SSSR count). The number of amides is 3. The Hall–Kier alpha value is -2.83. The molecule has 0 radical (unpaired) electrons. The maximum absolute atomic E-state index is 14.5. The molecule has 2 atom stereocenters. The summed E-state index contributed by atoms with van der Waals surface area (Å²) in [7, 11) is 0. The molecule has 0 bridgehead atoms. The third-order valence-electron chi connectivity index (χ3n) is 5.94. The first-order chi connectivity index (χ1) is 19.1. The van der Waals surface area contributed by atoms with E-state index >= 15 is 0 Å². The third-order valence-corrected chi connectivity index (χ3v) is 8.08. The van der Waals surface area contributed by atoms with E-state index in [4.69, 9.17) is 58.0 Å². The van der Waals surface area contributed by atoms with E-state index in [0.717, 1.165) is 18.2 Å². The third kappa shape index (κ3) is 6.49. The number of carbonyl (C=O) groups is 3. The van der Waals surface area contributed by atoms with Gasteiger partial charge in [0.15, 0.2) is 0 Å². The van der Waals surface area contributed by atoms with Crippen LogP contribution in [0.4, 0.5) is 39.0 Å². The van der Waals surface area contributed by atoms with Gasteiger partial charge in [0.2, 0.25) is 5.91 Å². The summed E-state index contributed by atoms with van der Waals surface area (Å²) in [5.41, 5.74) is -1.95. The number of hydrogen-bond donors (Lipinski definition) is 3. The first-order valence-electron chi connectivity index (χ1n) is 11.1. The number of anilines is 3. The van der Waals surface area contributed by atoms with Crippen LogP contribution in [0.1, 0.15) is 21.8 Å². The van der Waals surface area contributed by atoms with Crippen LogP contribution in [-0.4, -0.2) is 28.5 Å². The van der Waals surface area contributed by atoms with Crippen LogP contribution in [0.5, 0.6) is 0 Å². The Morgan fingerprint density at radius 3 is 1.95 bits per heavy atom. The molecule has 1 aliphatic carbocycles. The molecule has 216 valence electrons. The molecule has 1 fully saturated rings. The van der Waals surface area contributed by atoms with Gasteiger partial charge in [0.25, 0.3) is 11.8 Å². The fourth-order valence-corrected chi connectivity index (χ4v) is 5.38. The Balaban J connectivity index is 1.52. The van der Waals surface area contributed by atoms with Crippen molar-refractivity contribution in [2.75, 3.05) is 16.0 Å². The van der Waals surface area contributed by atoms with Crippen LogP contribution in [-0.2, 0) is 9.59 Å². The van der Waals surface area contributed by atoms with Gasteiger partial charge in [-0.1, -0.05) is 34.8 Å². The van der Waals surface area contributed by atoms with Gasteiger partial charge >= 0.3 is 6.43 Å². The van der Waals surface area contributed by atoms with Gasteiger partial charge in [0, 0.05) is 17.7 Å². The maximum atomic E-state index is 14.5. The van der Waals surface area contributed by atoms with E-state index in [2.05, 4.69) is 5.32 Å². The van der Waals surface area contributed by atoms with Gasteiger partial charge in [0.1, 0.15) is 21.8 Å². The molecule has 0 saturated heterocycles. The molecule has 3 aromatic rings. The number of carbonyl (C=O) groups excluding carboxylic acids is 3. The maximum Gasteiger partial charge on any atom is 0.315 e. The molecule has 16 heteroatoms. The van der Waals surface area contributed by atoms with Crippen molar-refractivity contribution in [1.29, 1.82) is 0 Å². The topological polar surface area (TPSA) is 87.3 Å². The zero-order chi connectivity index (χ0) is 30.4. The molecule has 6 nitrogen and oxygen atoms in total. The van der Waals surface area contributed by atoms with Crippen molar-refractivity contribution < 1.29 is 36.3 Å². The lowest BCUT2D eigenvalue weighted by molar-refractivity contribution is -0.126. The van der Waals surface area contributed by atoms with Gasteiger partial charge in [-0.15, -0.1) is 23.2 Å². The monoisotopic (exact) mass is 673 g/mol. The fraction of sp³-hybridized carbons (Fsp3) is 0.160. The van der Waals surface area contributed by atoms with Gasteiger partial charge in [-0.2, -0.15) is 8.78 Å². The van der Waals surface area contributed by atoms with Crippen LogP contribution in [0, 0.1) is 23.4 Å². The minimum atomic E-state index is -3.50. The van der Waals surface area contributed by atoms with Gasteiger partial charge in [-0.3, -0.25) is 14.4 Å². The molecule has 3 amide bonds. The second-order valence-corrected chi connectivity index (χ2v) is 11.3. The van der Waals surface area contributed by atoms with Crippen LogP contribution in [0.3, 0.4) is 0 Å². The van der Waals surface area contributed by atoms with E-state index in [0.29, 0.717) is 11.6 Å². The Morgan fingerprint density at radius 1 is 0.780 bits per heavy atom. The Bertz CT molecular complexity index is 1570. The van der Waals surface area contributed by atoms with Crippen molar-refractivity contribution in [2.45, 2.75) is 16.7 Å². The number of benzene rings is 3. The second kappa shape index (κ2) is 11.8. The molecular formula is C25H13Cl5F5N3O3. The minimum absolute atomic E-state index is 0.0760. The highest BCUT2D eigenvalue weighted by Gasteiger charge is 2.67. The minimum Gasteiger partial charge on any atom is -0.326 e. The molecule has 3 aromatic carbocycles. The first-order valence-corrected chi connectivity index (χ1v) is 13.0. The molecule has 1 saturated carbocycles. The summed E-state index contributed by atoms with van der Waals surface area (Å²) in [6.07, 6.45) is -3.50. The smallest absolute Gasteiger partial charge is 0.315 e. The summed E-state index contributed by atoms with van der Waals surface area (Å²) >= 11 is 30.7. The average molecular weight is 676 g/mol. The van der Waals surface area contributed by atoms with Crippen LogP contribution in [0.15, 0.2) is 42.5 Å². The Kier molecular flexibility index (Phi) is 8.96. The summed E-state index contributed by atoms with van der Waals surface area (Å²) in [5, 5.41) is 6.27. The van der Waals surface area contributed by atoms with E-state index in [1.807, 2.05) is 5.32 Å². The normalized spacial score (nSPS) is 17.2. The first kappa shape index (κ1) is 31.1. The molecule has 0 unspecified atom stereocenters. The second-order valence-electron chi connectivity index (χ2n) is 8.67. The standard InChI is InChI=1S/C25H13Cl5F5N3O3/c26-11-3-8(4-12(27)20(11)28)18-19(25(18,29)30)23(40)36-9-1-2-13(31)10(5-9)22(39)37-16-7-17(15(33)6-14(16)32)38-24(41)21(34)35/h1-7,18-19,21H,(H,36,40)(H,37,39)(H,38,41)/t18-,19+/m0/s1. The van der Waals surface area contributed by atoms with Gasteiger partial charge in [-0.05, 0) is 42.0 Å². The van der Waals surface area contributed by atoms with E-state index in [9.17, 15) is 36.3 Å². The highest BCUT2D eigenvalue weighted by atomic mass is 35.5. The average Bonchev–Trinajstić information content (AvgIpc) is 3.47. The molecule has 41 heavy (non-hydrogen) atoms. The summed E-state index contributed by atoms with van der Waals surface area (Å²) in [6, 6.07) is 6.53. The summed E-state index contributed by atoms with van der Waals surface area (Å²) < 4.78 is 66.1. The summed E-state index contributed by atoms with van der Waals surface area (Å²) in [4.78, 5) is 36.9. The van der Waals surface area contributed by atoms with Crippen molar-refractivity contribution >= 4 is 92.8 Å². The zero-order valence-corrected chi connectivity index (χ0v) is 23.6. The van der Waals surface area contributed by atoms with Crippen LogP contribution in [0.2, 0.25) is 15.1 Å². The number of hydrogen-bond acceptors (Lipinski definition) is 3. The van der Waals surface area contributed by atoms with Gasteiger partial charge < -0.3 is 16.0 Å². The predicted molar refractivity (Wildman–Crippen MR) is 146 cm³/mol. The van der Waals surface area contributed by atoms with Crippen molar-refractivity contribution in [3.05, 3.63) is 86.1 Å². The molecule has 3 N–H and O–H groups in total. The predicted octanol–water partition coefficient (Wildman–Crippen LogP) is 8.05. The van der Waals surface area contributed by atoms with Crippen molar-refractivity contribution in [3.8, 4) is 0 Å². The molecule has 0 aliphatic heterocycles. The highest BCUT2D eigenvalue weighted by Crippen LogP contribution is 2.65. The fourth-order valence-electron chi connectivity index (χ4n) is 3.94. The zero-order valence-electron chi connectivity index (χ0n) is 19.8. The SMILES string of the molecule is O=C(Nc1cc(NC(=O)C(F)F)c(F)cc1F)c1cc(NC(=O)[C@H]2[C@H](c3cc(Cl)c(Cl)c(Cl)c3)C2(Cl)Cl)ccc1F. The lowest BCUT2D eigenvalue weighted by atomic mass is 10.1. The summed E-state index contributed by atoms with van der Waals surface area (Å²) in [6.45, 7) is 0. The quantitative estimate of drug-likeness (QED) is 0.135. The number of nitrogens with one attached hydrogen (secondary N) is 3. The molecular weight excluding hydrogens is 663 g/mol. The Morgan fingerprint density at radius 2 is 1.37 bits per heavy atom. The van der Waals surface area contributed by atoms with Crippen LogP contribution in [0.25, 0.3) is 0 Å². The van der Waals surface area contributed by atoms with Crippen molar-refractivity contribution in [2.24, 2.45) is 5.92 Å². The van der Waals surface area contributed by atoms with E-state index < -0.39 is 74.7 Å². The molecule has 0 heterocycles. The molecule has 0 spiro atoms. The van der Waals surface area contributed by atoms with E-state index in [1.54, 1.807) is 0 Å². The summed E-state index contributed by atoms with van der Waals surface area (Å²) in [5.74, 6) is -9.44. The largest absolute Gasteiger partial charge is 0.326 e. The Labute approximate surface area is 253 Å². The number of halogens is 10. The van der Waals surface area contributed by atoms with E-state index in [-0.39, 0.29) is 26.8 Å². The highest BCUT2D eigenvalue weighted by molar-refractivity contribution is 6.54. The van der Waals surface area contributed by atoms with Gasteiger partial charge in [-0.25, -0.2) is 13.2 Å². The van der Waals surface area contributed by atoms with Crippen molar-refractivity contribution in [3.63, 3.8) is 0 Å². The van der Waals surface area contributed by atoms with Crippen LogP contribution < -0.4 is 16.0 Å². The number of rotatable bonds is 7. The lowest BCUT2D eigenvalue weighted by Gasteiger charge is -2.12. The lowest BCUT2D eigenvalue weighted by Crippen LogP contribution is -2.21. The van der Waals surface area contributed by atoms with Crippen molar-refractivity contribution in [1.82, 2.24) is 0 Å². The number of alkyl halides is 4. The van der Waals surface area contributed by atoms with Crippen LogP contribution >= 0.6 is 58.0 Å². The van der Waals surface area contributed by atoms with E-state index in [1.165, 1.54) is 17.4 Å². The molecule has 1 aliphatic rings. The van der Waals surface area contributed by atoms with Gasteiger partial charge in [0.05, 0.1) is 37.9 Å².